The van der Waals surface area contributed by atoms with Gasteiger partial charge in [-0.1, -0.05) is 32.0 Å². The number of amides is 1. The summed E-state index contributed by atoms with van der Waals surface area (Å²) in [5.41, 5.74) is 2.09. The van der Waals surface area contributed by atoms with Gasteiger partial charge in [-0.15, -0.1) is 0 Å². The number of hydrogen-bond donors (Lipinski definition) is 1. The number of carbonyl (C=O) groups excluding carboxylic acids is 1. The molecule has 27 heavy (non-hydrogen) atoms. The fraction of sp³-hybridized carbons (Fsp3) is 0.350. The van der Waals surface area contributed by atoms with E-state index in [-0.39, 0.29) is 24.9 Å². The molecule has 2 aromatic rings. The van der Waals surface area contributed by atoms with E-state index in [9.17, 15) is 13.2 Å². The van der Waals surface area contributed by atoms with Gasteiger partial charge in [-0.25, -0.2) is 8.42 Å². The maximum Gasteiger partial charge on any atom is 0.251 e. The Morgan fingerprint density at radius 3 is 2.30 bits per heavy atom. The lowest BCUT2D eigenvalue weighted by Crippen LogP contribution is -2.38. The smallest absolute Gasteiger partial charge is 0.251 e. The second kappa shape index (κ2) is 8.90. The maximum absolute atomic E-state index is 12.3. The lowest BCUT2D eigenvalue weighted by atomic mass is 10.0. The molecule has 0 aliphatic heterocycles. The van der Waals surface area contributed by atoms with Crippen LogP contribution in [0.4, 0.5) is 5.69 Å². The zero-order chi connectivity index (χ0) is 20.0. The van der Waals surface area contributed by atoms with Crippen molar-refractivity contribution in [3.8, 4) is 5.75 Å². The van der Waals surface area contributed by atoms with Crippen molar-refractivity contribution in [3.63, 3.8) is 0 Å². The Balaban J connectivity index is 2.11. The van der Waals surface area contributed by atoms with E-state index in [0.717, 1.165) is 5.56 Å². The Bertz CT molecular complexity index is 877. The minimum atomic E-state index is -3.48. The molecule has 2 rings (SSSR count). The summed E-state index contributed by atoms with van der Waals surface area (Å²) in [6.45, 7) is 4.39. The number of anilines is 1. The topological polar surface area (TPSA) is 75.7 Å². The first-order valence-corrected chi connectivity index (χ1v) is 10.6. The van der Waals surface area contributed by atoms with Gasteiger partial charge in [-0.2, -0.15) is 0 Å². The summed E-state index contributed by atoms with van der Waals surface area (Å²) < 4.78 is 31.1. The molecular weight excluding hydrogens is 364 g/mol. The van der Waals surface area contributed by atoms with E-state index in [0.29, 0.717) is 17.0 Å². The molecule has 1 amide bonds. The summed E-state index contributed by atoms with van der Waals surface area (Å²) in [6.07, 6.45) is 1.18. The molecule has 0 unspecified atom stereocenters. The fourth-order valence-electron chi connectivity index (χ4n) is 2.78. The molecule has 6 nitrogen and oxygen atoms in total. The van der Waals surface area contributed by atoms with E-state index >= 15 is 0 Å². The SMILES string of the molecule is COc1ccc(C(=O)NCCN(c2ccccc2C(C)C)S(C)(=O)=O)cc1. The number of hydrogen-bond acceptors (Lipinski definition) is 4. The van der Waals surface area contributed by atoms with Crippen LogP contribution in [0.25, 0.3) is 0 Å². The fourth-order valence-corrected chi connectivity index (χ4v) is 3.73. The van der Waals surface area contributed by atoms with Crippen LogP contribution in [-0.2, 0) is 10.0 Å². The van der Waals surface area contributed by atoms with Gasteiger partial charge in [0.15, 0.2) is 0 Å². The summed E-state index contributed by atoms with van der Waals surface area (Å²) in [4.78, 5) is 12.3. The molecule has 0 heterocycles. The Labute approximate surface area is 161 Å². The number of carbonyl (C=O) groups is 1. The number of sulfonamides is 1. The summed E-state index contributed by atoms with van der Waals surface area (Å²) in [6, 6.07) is 14.2. The third-order valence-corrected chi connectivity index (χ3v) is 5.36. The van der Waals surface area contributed by atoms with Crippen molar-refractivity contribution in [3.05, 3.63) is 59.7 Å². The van der Waals surface area contributed by atoms with E-state index in [4.69, 9.17) is 4.74 Å². The lowest BCUT2D eigenvalue weighted by Gasteiger charge is -2.26. The molecule has 0 aliphatic rings. The van der Waals surface area contributed by atoms with Crippen molar-refractivity contribution in [1.29, 1.82) is 0 Å². The monoisotopic (exact) mass is 390 g/mol. The summed E-state index contributed by atoms with van der Waals surface area (Å²) in [5.74, 6) is 0.586. The highest BCUT2D eigenvalue weighted by molar-refractivity contribution is 7.92. The molecule has 0 aromatic heterocycles. The molecule has 0 spiro atoms. The van der Waals surface area contributed by atoms with Gasteiger partial charge < -0.3 is 10.1 Å². The standard InChI is InChI=1S/C20H26N2O4S/c1-15(2)18-7-5-6-8-19(18)22(27(4,24)25)14-13-21-20(23)16-9-11-17(26-3)12-10-16/h5-12,15H,13-14H2,1-4H3,(H,21,23). The van der Waals surface area contributed by atoms with Crippen LogP contribution >= 0.6 is 0 Å². The van der Waals surface area contributed by atoms with Crippen LogP contribution in [0, 0.1) is 0 Å². The summed E-state index contributed by atoms with van der Waals surface area (Å²) >= 11 is 0. The Morgan fingerprint density at radius 2 is 1.74 bits per heavy atom. The number of rotatable bonds is 8. The predicted molar refractivity (Wildman–Crippen MR) is 108 cm³/mol. The Morgan fingerprint density at radius 1 is 1.11 bits per heavy atom. The van der Waals surface area contributed by atoms with Crippen LogP contribution in [-0.4, -0.2) is 40.8 Å². The van der Waals surface area contributed by atoms with Crippen LogP contribution < -0.4 is 14.4 Å². The Kier molecular flexibility index (Phi) is 6.85. The van der Waals surface area contributed by atoms with Gasteiger partial charge in [0.1, 0.15) is 5.75 Å². The highest BCUT2D eigenvalue weighted by Gasteiger charge is 2.21. The molecule has 0 saturated carbocycles. The highest BCUT2D eigenvalue weighted by atomic mass is 32.2. The molecule has 146 valence electrons. The number of ether oxygens (including phenoxy) is 1. The van der Waals surface area contributed by atoms with E-state index < -0.39 is 10.0 Å². The van der Waals surface area contributed by atoms with Crippen LogP contribution in [0.3, 0.4) is 0 Å². The van der Waals surface area contributed by atoms with E-state index in [1.54, 1.807) is 37.4 Å². The summed E-state index contributed by atoms with van der Waals surface area (Å²) in [7, 11) is -1.92. The minimum absolute atomic E-state index is 0.157. The van der Waals surface area contributed by atoms with Gasteiger partial charge in [0.2, 0.25) is 10.0 Å². The predicted octanol–water partition coefficient (Wildman–Crippen LogP) is 3.01. The van der Waals surface area contributed by atoms with Crippen molar-refractivity contribution < 1.29 is 17.9 Å². The van der Waals surface area contributed by atoms with Gasteiger partial charge >= 0.3 is 0 Å². The lowest BCUT2D eigenvalue weighted by molar-refractivity contribution is 0.0955. The average Bonchev–Trinajstić information content (AvgIpc) is 2.64. The third kappa shape index (κ3) is 5.47. The van der Waals surface area contributed by atoms with Gasteiger partial charge in [0, 0.05) is 12.1 Å². The zero-order valence-electron chi connectivity index (χ0n) is 16.1. The number of para-hydroxylation sites is 1. The molecule has 2 aromatic carbocycles. The van der Waals surface area contributed by atoms with E-state index in [1.165, 1.54) is 10.6 Å². The van der Waals surface area contributed by atoms with Gasteiger partial charge in [0.05, 0.1) is 25.6 Å². The Hall–Kier alpha value is -2.54. The highest BCUT2D eigenvalue weighted by Crippen LogP contribution is 2.28. The van der Waals surface area contributed by atoms with Crippen LogP contribution in [0.1, 0.15) is 35.7 Å². The van der Waals surface area contributed by atoms with Gasteiger partial charge in [0.25, 0.3) is 5.91 Å². The first-order chi connectivity index (χ1) is 12.7. The van der Waals surface area contributed by atoms with Crippen molar-refractivity contribution in [1.82, 2.24) is 5.32 Å². The molecule has 0 aliphatic carbocycles. The van der Waals surface area contributed by atoms with Crippen LogP contribution in [0.5, 0.6) is 5.75 Å². The van der Waals surface area contributed by atoms with Crippen molar-refractivity contribution in [2.45, 2.75) is 19.8 Å². The van der Waals surface area contributed by atoms with Crippen LogP contribution in [0.15, 0.2) is 48.5 Å². The van der Waals surface area contributed by atoms with Gasteiger partial charge in [-0.3, -0.25) is 9.10 Å². The number of methoxy groups -OCH3 is 1. The molecule has 0 bridgehead atoms. The number of nitrogens with one attached hydrogen (secondary N) is 1. The zero-order valence-corrected chi connectivity index (χ0v) is 16.9. The van der Waals surface area contributed by atoms with Crippen molar-refractivity contribution in [2.75, 3.05) is 30.8 Å². The number of nitrogens with zero attached hydrogens (tertiary/aromatic N) is 1. The maximum atomic E-state index is 12.3. The van der Waals surface area contributed by atoms with Gasteiger partial charge in [-0.05, 0) is 41.8 Å². The molecular formula is C20H26N2O4S. The van der Waals surface area contributed by atoms with Crippen molar-refractivity contribution in [2.24, 2.45) is 0 Å². The average molecular weight is 391 g/mol. The second-order valence-corrected chi connectivity index (χ2v) is 8.44. The molecule has 0 fully saturated rings. The van der Waals surface area contributed by atoms with E-state index in [2.05, 4.69) is 5.32 Å². The molecule has 0 atom stereocenters. The largest absolute Gasteiger partial charge is 0.497 e. The second-order valence-electron chi connectivity index (χ2n) is 6.53. The molecule has 0 saturated heterocycles. The van der Waals surface area contributed by atoms with E-state index in [1.807, 2.05) is 32.0 Å². The minimum Gasteiger partial charge on any atom is -0.497 e. The molecule has 0 radical (unpaired) electrons. The first-order valence-electron chi connectivity index (χ1n) is 8.73. The third-order valence-electron chi connectivity index (χ3n) is 4.18. The van der Waals surface area contributed by atoms with Crippen LogP contribution in [0.2, 0.25) is 0 Å². The molecule has 1 N–H and O–H groups in total. The number of benzene rings is 2. The normalized spacial score (nSPS) is 11.3. The summed E-state index contributed by atoms with van der Waals surface area (Å²) in [5, 5.41) is 2.77. The first kappa shape index (κ1) is 20.8. The quantitative estimate of drug-likeness (QED) is 0.752. The van der Waals surface area contributed by atoms with Crippen molar-refractivity contribution >= 4 is 21.6 Å². The molecule has 7 heteroatoms.